The van der Waals surface area contributed by atoms with Gasteiger partial charge in [-0.3, -0.25) is 0 Å². The molecule has 1 fully saturated rings. The van der Waals surface area contributed by atoms with E-state index in [4.69, 9.17) is 4.74 Å². The normalized spacial score (nSPS) is 19.0. The monoisotopic (exact) mass is 242 g/mol. The number of nitrogens with zero attached hydrogens (tertiary/aromatic N) is 1. The van der Waals surface area contributed by atoms with E-state index in [0.29, 0.717) is 6.04 Å². The van der Waals surface area contributed by atoms with Crippen LogP contribution in [0, 0.1) is 0 Å². The van der Waals surface area contributed by atoms with Crippen molar-refractivity contribution >= 4 is 0 Å². The van der Waals surface area contributed by atoms with Crippen LogP contribution in [0.5, 0.6) is 5.75 Å². The van der Waals surface area contributed by atoms with Crippen molar-refractivity contribution in [3.05, 3.63) is 48.8 Å². The van der Waals surface area contributed by atoms with E-state index < -0.39 is 0 Å². The van der Waals surface area contributed by atoms with Gasteiger partial charge >= 0.3 is 0 Å². The van der Waals surface area contributed by atoms with Crippen molar-refractivity contribution < 1.29 is 4.74 Å². The third-order valence-electron chi connectivity index (χ3n) is 3.35. The van der Waals surface area contributed by atoms with Gasteiger partial charge in [0.15, 0.2) is 0 Å². The van der Waals surface area contributed by atoms with Gasteiger partial charge in [0, 0.05) is 24.1 Å². The predicted octanol–water partition coefficient (Wildman–Crippen LogP) is 2.61. The highest BCUT2D eigenvalue weighted by Gasteiger charge is 2.14. The number of ether oxygens (including phenoxy) is 1. The molecule has 0 unspecified atom stereocenters. The second kappa shape index (κ2) is 5.27. The van der Waals surface area contributed by atoms with E-state index >= 15 is 0 Å². The average Bonchev–Trinajstić information content (AvgIpc) is 3.10. The minimum absolute atomic E-state index is 0.522. The Bertz CT molecular complexity index is 470. The van der Waals surface area contributed by atoms with Gasteiger partial charge in [0.1, 0.15) is 12.4 Å². The second-order valence-corrected chi connectivity index (χ2v) is 4.69. The summed E-state index contributed by atoms with van der Waals surface area (Å²) in [5.41, 5.74) is 1.16. The Morgan fingerprint density at radius 2 is 1.94 bits per heavy atom. The lowest BCUT2D eigenvalue weighted by atomic mass is 10.2. The smallest absolute Gasteiger partial charge is 0.119 e. The molecule has 1 aliphatic heterocycles. The van der Waals surface area contributed by atoms with Gasteiger partial charge in [0.05, 0.1) is 0 Å². The van der Waals surface area contributed by atoms with Crippen LogP contribution in [0.1, 0.15) is 12.8 Å². The van der Waals surface area contributed by atoms with Crippen LogP contribution in [0.3, 0.4) is 0 Å². The largest absolute Gasteiger partial charge is 0.492 e. The van der Waals surface area contributed by atoms with E-state index in [1.54, 1.807) is 0 Å². The third-order valence-corrected chi connectivity index (χ3v) is 3.35. The first-order valence-electron chi connectivity index (χ1n) is 6.51. The van der Waals surface area contributed by atoms with E-state index in [1.165, 1.54) is 12.8 Å². The molecule has 0 bridgehead atoms. The Labute approximate surface area is 107 Å². The maximum absolute atomic E-state index is 5.79. The van der Waals surface area contributed by atoms with Gasteiger partial charge < -0.3 is 14.6 Å². The number of hydrogen-bond acceptors (Lipinski definition) is 2. The Morgan fingerprint density at radius 3 is 2.61 bits per heavy atom. The molecular formula is C15H18N2O. The summed E-state index contributed by atoms with van der Waals surface area (Å²) in [7, 11) is 0. The highest BCUT2D eigenvalue weighted by atomic mass is 16.5. The molecule has 0 radical (unpaired) electrons. The van der Waals surface area contributed by atoms with Crippen molar-refractivity contribution in [3.63, 3.8) is 0 Å². The summed E-state index contributed by atoms with van der Waals surface area (Å²) in [6.07, 6.45) is 6.57. The van der Waals surface area contributed by atoms with Gasteiger partial charge in [-0.1, -0.05) is 0 Å². The van der Waals surface area contributed by atoms with Crippen molar-refractivity contribution in [3.8, 4) is 11.4 Å². The SMILES string of the molecule is c1ccn(-c2ccc(OC[C@H]3CCCN3)cc2)c1. The summed E-state index contributed by atoms with van der Waals surface area (Å²) in [4.78, 5) is 0. The lowest BCUT2D eigenvalue weighted by molar-refractivity contribution is 0.277. The maximum Gasteiger partial charge on any atom is 0.119 e. The Balaban J connectivity index is 1.60. The summed E-state index contributed by atoms with van der Waals surface area (Å²) in [6, 6.07) is 12.8. The van der Waals surface area contributed by atoms with Crippen LogP contribution in [0.25, 0.3) is 5.69 Å². The van der Waals surface area contributed by atoms with E-state index in [0.717, 1.165) is 24.6 Å². The van der Waals surface area contributed by atoms with Crippen LogP contribution in [-0.4, -0.2) is 23.8 Å². The van der Waals surface area contributed by atoms with Gasteiger partial charge in [0.2, 0.25) is 0 Å². The average molecular weight is 242 g/mol. The van der Waals surface area contributed by atoms with Crippen molar-refractivity contribution in [2.24, 2.45) is 0 Å². The quantitative estimate of drug-likeness (QED) is 0.892. The van der Waals surface area contributed by atoms with Crippen molar-refractivity contribution in [2.75, 3.05) is 13.2 Å². The summed E-state index contributed by atoms with van der Waals surface area (Å²) in [6.45, 7) is 1.89. The molecular weight excluding hydrogens is 224 g/mol. The fourth-order valence-electron chi connectivity index (χ4n) is 2.32. The first-order valence-corrected chi connectivity index (χ1v) is 6.51. The topological polar surface area (TPSA) is 26.2 Å². The van der Waals surface area contributed by atoms with Crippen LogP contribution in [0.2, 0.25) is 0 Å². The third kappa shape index (κ3) is 2.57. The van der Waals surface area contributed by atoms with E-state index in [-0.39, 0.29) is 0 Å². The van der Waals surface area contributed by atoms with Crippen LogP contribution < -0.4 is 10.1 Å². The molecule has 1 aromatic heterocycles. The van der Waals surface area contributed by atoms with Gasteiger partial charge in [-0.15, -0.1) is 0 Å². The summed E-state index contributed by atoms with van der Waals surface area (Å²) in [5, 5.41) is 3.43. The van der Waals surface area contributed by atoms with Gasteiger partial charge in [-0.05, 0) is 55.8 Å². The zero-order valence-corrected chi connectivity index (χ0v) is 10.4. The summed E-state index contributed by atoms with van der Waals surface area (Å²) >= 11 is 0. The minimum atomic E-state index is 0.522. The molecule has 2 heterocycles. The Hall–Kier alpha value is -1.74. The fraction of sp³-hybridized carbons (Fsp3) is 0.333. The molecule has 18 heavy (non-hydrogen) atoms. The molecule has 3 nitrogen and oxygen atoms in total. The fourth-order valence-corrected chi connectivity index (χ4v) is 2.32. The van der Waals surface area contributed by atoms with Gasteiger partial charge in [-0.25, -0.2) is 0 Å². The van der Waals surface area contributed by atoms with Gasteiger partial charge in [-0.2, -0.15) is 0 Å². The number of rotatable bonds is 4. The molecule has 1 aromatic carbocycles. The number of nitrogens with one attached hydrogen (secondary N) is 1. The van der Waals surface area contributed by atoms with Crippen molar-refractivity contribution in [1.82, 2.24) is 9.88 Å². The second-order valence-electron chi connectivity index (χ2n) is 4.69. The molecule has 2 aromatic rings. The molecule has 94 valence electrons. The first kappa shape index (κ1) is 11.4. The van der Waals surface area contributed by atoms with Crippen LogP contribution >= 0.6 is 0 Å². The molecule has 3 heteroatoms. The minimum Gasteiger partial charge on any atom is -0.492 e. The molecule has 1 atom stereocenters. The lowest BCUT2D eigenvalue weighted by Crippen LogP contribution is -2.28. The molecule has 0 aliphatic carbocycles. The molecule has 3 rings (SSSR count). The van der Waals surface area contributed by atoms with Crippen LogP contribution in [-0.2, 0) is 0 Å². The lowest BCUT2D eigenvalue weighted by Gasteiger charge is -2.12. The molecule has 1 saturated heterocycles. The Kier molecular flexibility index (Phi) is 3.33. The van der Waals surface area contributed by atoms with E-state index in [9.17, 15) is 0 Å². The maximum atomic E-state index is 5.79. The molecule has 0 saturated carbocycles. The number of aromatic nitrogens is 1. The zero-order chi connectivity index (χ0) is 12.2. The predicted molar refractivity (Wildman–Crippen MR) is 72.3 cm³/mol. The molecule has 1 aliphatic rings. The van der Waals surface area contributed by atoms with Crippen LogP contribution in [0.4, 0.5) is 0 Å². The highest BCUT2D eigenvalue weighted by molar-refractivity contribution is 5.37. The molecule has 0 spiro atoms. The van der Waals surface area contributed by atoms with Crippen LogP contribution in [0.15, 0.2) is 48.8 Å². The zero-order valence-electron chi connectivity index (χ0n) is 10.4. The first-order chi connectivity index (χ1) is 8.92. The van der Waals surface area contributed by atoms with E-state index in [2.05, 4.69) is 22.0 Å². The summed E-state index contributed by atoms with van der Waals surface area (Å²) in [5.74, 6) is 0.944. The van der Waals surface area contributed by atoms with E-state index in [1.807, 2.05) is 36.7 Å². The molecule has 0 amide bonds. The van der Waals surface area contributed by atoms with Gasteiger partial charge in [0.25, 0.3) is 0 Å². The summed E-state index contributed by atoms with van der Waals surface area (Å²) < 4.78 is 7.88. The van der Waals surface area contributed by atoms with Crippen molar-refractivity contribution in [2.45, 2.75) is 18.9 Å². The van der Waals surface area contributed by atoms with Crippen molar-refractivity contribution in [1.29, 1.82) is 0 Å². The Morgan fingerprint density at radius 1 is 1.17 bits per heavy atom. The molecule has 1 N–H and O–H groups in total. The number of benzene rings is 1. The number of hydrogen-bond donors (Lipinski definition) is 1. The standard InChI is InChI=1S/C15H18N2O/c1-2-11-17(10-1)14-5-7-15(8-6-14)18-12-13-4-3-9-16-13/h1-2,5-8,10-11,13,16H,3-4,9,12H2/t13-/m1/s1. The highest BCUT2D eigenvalue weighted by Crippen LogP contribution is 2.16.